The molecule has 1 heterocycles. The first-order chi connectivity index (χ1) is 11.1. The van der Waals surface area contributed by atoms with Crippen LogP contribution in [0.5, 0.6) is 5.75 Å². The summed E-state index contributed by atoms with van der Waals surface area (Å²) in [7, 11) is -1.24. The number of ether oxygens (including phenoxy) is 1. The molecule has 0 unspecified atom stereocenters. The Hall–Kier alpha value is -2.46. The van der Waals surface area contributed by atoms with Gasteiger partial charge in [-0.1, -0.05) is 12.1 Å². The molecule has 0 aliphatic carbocycles. The largest absolute Gasteiger partial charge is 0.547 e. The van der Waals surface area contributed by atoms with Crippen LogP contribution < -0.4 is 9.97 Å². The lowest BCUT2D eigenvalue weighted by atomic mass is 9.72. The summed E-state index contributed by atoms with van der Waals surface area (Å²) in [5.41, 5.74) is 0.989. The fourth-order valence-corrected chi connectivity index (χ4v) is 2.38. The second-order valence-corrected chi connectivity index (χ2v) is 5.10. The predicted octanol–water partition coefficient (Wildman–Crippen LogP) is 0.716. The summed E-state index contributed by atoms with van der Waals surface area (Å²) < 4.78 is 10.4. The van der Waals surface area contributed by atoms with Crippen LogP contribution >= 0.6 is 0 Å². The van der Waals surface area contributed by atoms with Crippen LogP contribution in [0.3, 0.4) is 0 Å². The number of hydrogen-bond acceptors (Lipinski definition) is 5. The van der Waals surface area contributed by atoms with Gasteiger partial charge in [0, 0.05) is 12.8 Å². The van der Waals surface area contributed by atoms with Crippen LogP contribution in [-0.4, -0.2) is 36.6 Å². The number of para-hydroxylation sites is 1. The van der Waals surface area contributed by atoms with Gasteiger partial charge in [0.05, 0.1) is 12.5 Å². The molecule has 1 aliphatic rings. The lowest BCUT2D eigenvalue weighted by Crippen LogP contribution is -2.53. The zero-order valence-corrected chi connectivity index (χ0v) is 12.9. The van der Waals surface area contributed by atoms with Crippen molar-refractivity contribution in [3.63, 3.8) is 0 Å². The third-order valence-corrected chi connectivity index (χ3v) is 3.46. The number of carbonyl (C=O) groups is 2. The van der Waals surface area contributed by atoms with Crippen molar-refractivity contribution in [3.8, 4) is 18.1 Å². The van der Waals surface area contributed by atoms with Gasteiger partial charge < -0.3 is 19.7 Å². The van der Waals surface area contributed by atoms with Crippen LogP contribution in [-0.2, 0) is 16.0 Å². The van der Waals surface area contributed by atoms with Crippen molar-refractivity contribution in [1.82, 2.24) is 5.32 Å². The number of terminal acetylenes is 1. The first-order valence-electron chi connectivity index (χ1n) is 7.43. The molecule has 2 N–H and O–H groups in total. The minimum atomic E-state index is -1.24. The quantitative estimate of drug-likeness (QED) is 0.475. The van der Waals surface area contributed by atoms with Crippen molar-refractivity contribution in [3.05, 3.63) is 29.3 Å². The molecular formula is C16H18BNO5. The molecule has 0 aromatic heterocycles. The lowest BCUT2D eigenvalue weighted by molar-refractivity contribution is -0.121. The Kier molecular flexibility index (Phi) is 5.66. The number of hydrogen-bond donors (Lipinski definition) is 2. The summed E-state index contributed by atoms with van der Waals surface area (Å²) in [6, 6.07) is 5.07. The average Bonchev–Trinajstić information content (AvgIpc) is 2.53. The van der Waals surface area contributed by atoms with E-state index in [1.54, 1.807) is 25.1 Å². The van der Waals surface area contributed by atoms with Gasteiger partial charge in [-0.2, -0.15) is 0 Å². The molecule has 0 spiro atoms. The molecule has 1 amide bonds. The Balaban J connectivity index is 2.14. The van der Waals surface area contributed by atoms with E-state index < -0.39 is 19.0 Å². The molecule has 1 aromatic carbocycles. The molecule has 0 saturated carbocycles. The minimum Gasteiger partial charge on any atom is -0.534 e. The second-order valence-electron chi connectivity index (χ2n) is 5.10. The summed E-state index contributed by atoms with van der Waals surface area (Å²) in [4.78, 5) is 23.7. The monoisotopic (exact) mass is 315 g/mol. The van der Waals surface area contributed by atoms with Gasteiger partial charge in [-0.25, -0.2) is 4.79 Å². The Morgan fingerprint density at radius 1 is 1.57 bits per heavy atom. The molecule has 2 rings (SSSR count). The van der Waals surface area contributed by atoms with Gasteiger partial charge in [0.15, 0.2) is 0 Å². The number of rotatable bonds is 5. The molecule has 1 atom stereocenters. The van der Waals surface area contributed by atoms with Gasteiger partial charge in [0.2, 0.25) is 5.91 Å². The van der Waals surface area contributed by atoms with Crippen molar-refractivity contribution in [1.29, 1.82) is 0 Å². The molecule has 0 saturated heterocycles. The van der Waals surface area contributed by atoms with Gasteiger partial charge in [0.25, 0.3) is 0 Å². The summed E-state index contributed by atoms with van der Waals surface area (Å²) in [5, 5.41) is 12.8. The first-order valence-corrected chi connectivity index (χ1v) is 7.43. The number of benzene rings is 1. The van der Waals surface area contributed by atoms with E-state index in [1.807, 2.05) is 0 Å². The number of nitrogens with one attached hydrogen (secondary N) is 1. The number of fused-ring (bicyclic) bond motifs is 1. The van der Waals surface area contributed by atoms with E-state index in [0.717, 1.165) is 5.56 Å². The van der Waals surface area contributed by atoms with Crippen molar-refractivity contribution in [2.24, 2.45) is 0 Å². The summed E-state index contributed by atoms with van der Waals surface area (Å²) in [5.74, 6) is 1.34. The highest BCUT2D eigenvalue weighted by atomic mass is 16.5. The second kappa shape index (κ2) is 7.70. The van der Waals surface area contributed by atoms with E-state index in [1.165, 1.54) is 0 Å². The smallest absolute Gasteiger partial charge is 0.534 e. The lowest BCUT2D eigenvalue weighted by Gasteiger charge is -2.29. The SMILES string of the molecule is C#CCCC(=O)N[C@H]1Cc2cccc(C(=O)OCC)c2OB1O. The van der Waals surface area contributed by atoms with Crippen LogP contribution in [0, 0.1) is 12.3 Å². The third kappa shape index (κ3) is 4.05. The molecule has 0 fully saturated rings. The van der Waals surface area contributed by atoms with Crippen molar-refractivity contribution in [2.45, 2.75) is 32.1 Å². The summed E-state index contributed by atoms with van der Waals surface area (Å²) in [6.07, 6.45) is 6.00. The van der Waals surface area contributed by atoms with E-state index in [2.05, 4.69) is 11.2 Å². The summed E-state index contributed by atoms with van der Waals surface area (Å²) >= 11 is 0. The van der Waals surface area contributed by atoms with Crippen molar-refractivity contribution in [2.75, 3.05) is 6.61 Å². The first kappa shape index (κ1) is 16.9. The van der Waals surface area contributed by atoms with E-state index in [0.29, 0.717) is 18.6 Å². The minimum absolute atomic E-state index is 0.190. The maximum atomic E-state index is 11.9. The topological polar surface area (TPSA) is 84.9 Å². The molecule has 6 nitrogen and oxygen atoms in total. The highest BCUT2D eigenvalue weighted by molar-refractivity contribution is 6.47. The van der Waals surface area contributed by atoms with Gasteiger partial charge in [0.1, 0.15) is 11.3 Å². The van der Waals surface area contributed by atoms with Crippen LogP contribution in [0.4, 0.5) is 0 Å². The van der Waals surface area contributed by atoms with Crippen molar-refractivity contribution < 1.29 is 24.0 Å². The maximum absolute atomic E-state index is 11.9. The third-order valence-electron chi connectivity index (χ3n) is 3.46. The van der Waals surface area contributed by atoms with Crippen molar-refractivity contribution >= 4 is 19.0 Å². The van der Waals surface area contributed by atoms with Gasteiger partial charge in [-0.3, -0.25) is 4.79 Å². The van der Waals surface area contributed by atoms with E-state index in [9.17, 15) is 14.6 Å². The Morgan fingerprint density at radius 2 is 2.35 bits per heavy atom. The fraction of sp³-hybridized carbons (Fsp3) is 0.375. The van der Waals surface area contributed by atoms with Crippen LogP contribution in [0.2, 0.25) is 0 Å². The van der Waals surface area contributed by atoms with E-state index >= 15 is 0 Å². The predicted molar refractivity (Wildman–Crippen MR) is 84.7 cm³/mol. The Labute approximate surface area is 135 Å². The normalized spacial score (nSPS) is 15.9. The van der Waals surface area contributed by atoms with E-state index in [4.69, 9.17) is 15.8 Å². The zero-order chi connectivity index (χ0) is 16.8. The summed E-state index contributed by atoms with van der Waals surface area (Å²) in [6.45, 7) is 1.96. The molecule has 23 heavy (non-hydrogen) atoms. The zero-order valence-electron chi connectivity index (χ0n) is 12.9. The van der Waals surface area contributed by atoms with Crippen LogP contribution in [0.25, 0.3) is 0 Å². The highest BCUT2D eigenvalue weighted by Gasteiger charge is 2.37. The number of esters is 1. The highest BCUT2D eigenvalue weighted by Crippen LogP contribution is 2.30. The number of carbonyl (C=O) groups excluding carboxylic acids is 2. The Morgan fingerprint density at radius 3 is 3.04 bits per heavy atom. The molecule has 0 bridgehead atoms. The van der Waals surface area contributed by atoms with Gasteiger partial charge in [-0.05, 0) is 25.0 Å². The molecule has 1 aliphatic heterocycles. The molecule has 120 valence electrons. The standard InChI is InChI=1S/C16H18BNO5/c1-3-5-9-14(19)18-13-10-11-7-6-8-12(16(20)22-4-2)15(11)23-17(13)21/h1,6-8,13,21H,4-5,9-10H2,2H3,(H,18,19)/t13-/m0/s1. The number of amides is 1. The molecule has 1 aromatic rings. The maximum Gasteiger partial charge on any atom is 0.547 e. The van der Waals surface area contributed by atoms with Gasteiger partial charge in [-0.15, -0.1) is 12.3 Å². The molecule has 7 heteroatoms. The average molecular weight is 315 g/mol. The molecule has 0 radical (unpaired) electrons. The van der Waals surface area contributed by atoms with E-state index in [-0.39, 0.29) is 24.5 Å². The fourth-order valence-electron chi connectivity index (χ4n) is 2.38. The van der Waals surface area contributed by atoms with Crippen LogP contribution in [0.15, 0.2) is 18.2 Å². The Bertz CT molecular complexity index is 640. The van der Waals surface area contributed by atoms with Gasteiger partial charge >= 0.3 is 13.1 Å². The molecular weight excluding hydrogens is 297 g/mol. The van der Waals surface area contributed by atoms with Crippen LogP contribution in [0.1, 0.15) is 35.7 Å².